The average Bonchev–Trinajstić information content (AvgIpc) is 3.25. The number of anilines is 1. The molecule has 39 heavy (non-hydrogen) atoms. The second kappa shape index (κ2) is 8.64. The first-order valence-electron chi connectivity index (χ1n) is 12.7. The fourth-order valence-corrected chi connectivity index (χ4v) is 7.48. The van der Waals surface area contributed by atoms with Gasteiger partial charge in [-0.05, 0) is 61.6 Å². The molecule has 3 fully saturated rings. The van der Waals surface area contributed by atoms with Crippen molar-refractivity contribution in [3.63, 3.8) is 0 Å². The fourth-order valence-electron chi connectivity index (χ4n) is 7.31. The number of methoxy groups -OCH3 is 1. The lowest BCUT2D eigenvalue weighted by Gasteiger charge is -2.49. The predicted molar refractivity (Wildman–Crippen MR) is 138 cm³/mol. The summed E-state index contributed by atoms with van der Waals surface area (Å²) in [6, 6.07) is 8.54. The summed E-state index contributed by atoms with van der Waals surface area (Å²) in [7, 11) is 2.90. The van der Waals surface area contributed by atoms with E-state index in [-0.39, 0.29) is 40.4 Å². The molecule has 0 aromatic heterocycles. The quantitative estimate of drug-likeness (QED) is 0.455. The molecule has 1 N–H and O–H groups in total. The van der Waals surface area contributed by atoms with Gasteiger partial charge >= 0.3 is 0 Å². The van der Waals surface area contributed by atoms with Crippen molar-refractivity contribution in [3.8, 4) is 11.5 Å². The maximum absolute atomic E-state index is 14.3. The molecule has 6 rings (SSSR count). The molecular weight excluding hydrogens is 527 g/mol. The Morgan fingerprint density at radius 3 is 2.46 bits per heavy atom. The molecule has 10 heteroatoms. The topological polar surface area (TPSA) is 104 Å². The standard InChI is InChI=1S/C29H26ClFN2O6/c1-29-18(26(36)33(28(29)38)14-5-8-20(31)19(30)11-14)12-17-15(6-7-16-23(17)27(37)32(2)25(16)35)24(29)13-4-9-22(39-3)21(34)10-13/h4-6,8-11,16-18,23-24,34H,7,12H2,1-3H3/t16-,17+,18-,23-,24-,29+/m0/s1. The lowest BCUT2D eigenvalue weighted by Crippen LogP contribution is -2.48. The molecule has 2 aromatic rings. The first-order chi connectivity index (χ1) is 18.5. The van der Waals surface area contributed by atoms with Gasteiger partial charge in [0.2, 0.25) is 23.6 Å². The van der Waals surface area contributed by atoms with Crippen LogP contribution >= 0.6 is 11.6 Å². The summed E-state index contributed by atoms with van der Waals surface area (Å²) in [6.45, 7) is 1.73. The van der Waals surface area contributed by atoms with E-state index in [1.54, 1.807) is 19.1 Å². The van der Waals surface area contributed by atoms with Crippen LogP contribution < -0.4 is 9.64 Å². The molecule has 2 aliphatic heterocycles. The summed E-state index contributed by atoms with van der Waals surface area (Å²) >= 11 is 6.00. The van der Waals surface area contributed by atoms with Gasteiger partial charge in [0.25, 0.3) is 0 Å². The summed E-state index contributed by atoms with van der Waals surface area (Å²) in [4.78, 5) is 56.6. The van der Waals surface area contributed by atoms with Gasteiger partial charge in [-0.15, -0.1) is 0 Å². The maximum Gasteiger partial charge on any atom is 0.241 e. The minimum absolute atomic E-state index is 0.127. The number of ether oxygens (including phenoxy) is 1. The first kappa shape index (κ1) is 25.6. The average molecular weight is 553 g/mol. The molecule has 202 valence electrons. The number of hydrogen-bond acceptors (Lipinski definition) is 6. The number of hydrogen-bond donors (Lipinski definition) is 1. The van der Waals surface area contributed by atoms with Crippen LogP contribution in [0.1, 0.15) is 31.2 Å². The summed E-state index contributed by atoms with van der Waals surface area (Å²) in [5, 5.41) is 10.4. The van der Waals surface area contributed by atoms with Crippen LogP contribution in [0.5, 0.6) is 11.5 Å². The number of aromatic hydroxyl groups is 1. The molecule has 0 unspecified atom stereocenters. The first-order valence-corrected chi connectivity index (χ1v) is 13.1. The van der Waals surface area contributed by atoms with Gasteiger partial charge in [-0.3, -0.25) is 24.1 Å². The summed E-state index contributed by atoms with van der Waals surface area (Å²) in [6.07, 6.45) is 2.47. The van der Waals surface area contributed by atoms with Crippen molar-refractivity contribution in [2.75, 3.05) is 19.1 Å². The highest BCUT2D eigenvalue weighted by Gasteiger charge is 2.67. The molecule has 0 radical (unpaired) electrons. The van der Waals surface area contributed by atoms with E-state index in [0.717, 1.165) is 21.4 Å². The number of carbonyl (C=O) groups excluding carboxylic acids is 4. The smallest absolute Gasteiger partial charge is 0.241 e. The molecule has 4 aliphatic rings. The SMILES string of the molecule is COc1ccc([C@H]2C3=CC[C@@H]4C(=O)N(C)C(=O)[C@@H]4[C@@H]3C[C@H]3C(=O)N(c4ccc(F)c(Cl)c4)C(=O)[C@@]23C)cc1O. The van der Waals surface area contributed by atoms with E-state index in [9.17, 15) is 28.7 Å². The fraction of sp³-hybridized carbons (Fsp3) is 0.379. The molecule has 8 nitrogen and oxygen atoms in total. The minimum Gasteiger partial charge on any atom is -0.504 e. The third-order valence-electron chi connectivity index (χ3n) is 9.19. The number of phenolic OH excluding ortho intramolecular Hbond substituents is 1. The van der Waals surface area contributed by atoms with Gasteiger partial charge < -0.3 is 9.84 Å². The van der Waals surface area contributed by atoms with E-state index in [4.69, 9.17) is 16.3 Å². The Bertz CT molecular complexity index is 1510. The monoisotopic (exact) mass is 552 g/mol. The van der Waals surface area contributed by atoms with Crippen LogP contribution in [0.15, 0.2) is 48.0 Å². The zero-order valence-corrected chi connectivity index (χ0v) is 22.2. The highest BCUT2D eigenvalue weighted by Crippen LogP contribution is 2.63. The number of likely N-dealkylation sites (tertiary alicyclic amines) is 1. The number of amides is 4. The van der Waals surface area contributed by atoms with E-state index >= 15 is 0 Å². The number of halogens is 2. The van der Waals surface area contributed by atoms with Gasteiger partial charge in [-0.2, -0.15) is 0 Å². The molecule has 2 aromatic carbocycles. The Morgan fingerprint density at radius 1 is 1.05 bits per heavy atom. The largest absolute Gasteiger partial charge is 0.504 e. The zero-order valence-electron chi connectivity index (χ0n) is 21.5. The van der Waals surface area contributed by atoms with E-state index in [2.05, 4.69) is 0 Å². The lowest BCUT2D eigenvalue weighted by molar-refractivity contribution is -0.138. The molecule has 2 saturated heterocycles. The predicted octanol–water partition coefficient (Wildman–Crippen LogP) is 4.05. The number of fused-ring (bicyclic) bond motifs is 4. The number of rotatable bonds is 3. The van der Waals surface area contributed by atoms with Crippen molar-refractivity contribution in [1.29, 1.82) is 0 Å². The summed E-state index contributed by atoms with van der Waals surface area (Å²) < 4.78 is 19.1. The van der Waals surface area contributed by atoms with Gasteiger partial charge in [0.1, 0.15) is 5.82 Å². The van der Waals surface area contributed by atoms with Crippen molar-refractivity contribution >= 4 is 40.9 Å². The second-order valence-corrected chi connectivity index (χ2v) is 11.3. The Balaban J connectivity index is 1.54. The van der Waals surface area contributed by atoms with Crippen LogP contribution in [0.4, 0.5) is 10.1 Å². The number of allylic oxidation sites excluding steroid dienone is 2. The van der Waals surface area contributed by atoms with Crippen LogP contribution in [0.25, 0.3) is 0 Å². The van der Waals surface area contributed by atoms with Crippen LogP contribution in [-0.2, 0) is 19.2 Å². The molecule has 0 spiro atoms. The van der Waals surface area contributed by atoms with Gasteiger partial charge in [-0.25, -0.2) is 9.29 Å². The molecule has 4 amide bonds. The number of imide groups is 2. The molecular formula is C29H26ClFN2O6. The van der Waals surface area contributed by atoms with Crippen molar-refractivity contribution in [2.24, 2.45) is 29.1 Å². The molecule has 2 heterocycles. The van der Waals surface area contributed by atoms with Crippen molar-refractivity contribution in [3.05, 3.63) is 64.5 Å². The summed E-state index contributed by atoms with van der Waals surface area (Å²) in [5.41, 5.74) is 0.257. The van der Waals surface area contributed by atoms with E-state index in [0.29, 0.717) is 12.0 Å². The molecule has 0 bridgehead atoms. The van der Waals surface area contributed by atoms with Gasteiger partial charge in [0.05, 0.1) is 41.0 Å². The normalized spacial score (nSPS) is 31.7. The third kappa shape index (κ3) is 3.35. The van der Waals surface area contributed by atoms with Crippen molar-refractivity contribution < 1.29 is 33.4 Å². The molecule has 1 saturated carbocycles. The van der Waals surface area contributed by atoms with Crippen molar-refractivity contribution in [2.45, 2.75) is 25.7 Å². The van der Waals surface area contributed by atoms with Crippen LogP contribution in [0.3, 0.4) is 0 Å². The zero-order chi connectivity index (χ0) is 28.0. The summed E-state index contributed by atoms with van der Waals surface area (Å²) in [5.74, 6) is -5.17. The van der Waals surface area contributed by atoms with E-state index in [1.165, 1.54) is 32.4 Å². The Kier molecular flexibility index (Phi) is 5.66. The van der Waals surface area contributed by atoms with E-state index in [1.807, 2.05) is 6.08 Å². The highest BCUT2D eigenvalue weighted by molar-refractivity contribution is 6.31. The number of phenols is 1. The van der Waals surface area contributed by atoms with Crippen molar-refractivity contribution in [1.82, 2.24) is 4.90 Å². The maximum atomic E-state index is 14.3. The van der Waals surface area contributed by atoms with Gasteiger partial charge in [0, 0.05) is 13.0 Å². The number of nitrogens with zero attached hydrogens (tertiary/aromatic N) is 2. The Labute approximate surface area is 229 Å². The highest BCUT2D eigenvalue weighted by atomic mass is 35.5. The molecule has 6 atom stereocenters. The van der Waals surface area contributed by atoms with Crippen LogP contribution in [-0.4, -0.2) is 47.8 Å². The Morgan fingerprint density at radius 2 is 1.79 bits per heavy atom. The lowest BCUT2D eigenvalue weighted by atomic mass is 9.51. The van der Waals surface area contributed by atoms with E-state index < -0.39 is 52.6 Å². The van der Waals surface area contributed by atoms with Gasteiger partial charge in [0.15, 0.2) is 11.5 Å². The third-order valence-corrected chi connectivity index (χ3v) is 9.48. The second-order valence-electron chi connectivity index (χ2n) is 10.9. The number of carbonyl (C=O) groups is 4. The molecule has 2 aliphatic carbocycles. The van der Waals surface area contributed by atoms with Crippen LogP contribution in [0, 0.1) is 34.9 Å². The number of benzene rings is 2. The minimum atomic E-state index is -1.29. The Hall–Kier alpha value is -3.72. The van der Waals surface area contributed by atoms with Gasteiger partial charge in [-0.1, -0.05) is 29.3 Å². The van der Waals surface area contributed by atoms with Crippen LogP contribution in [0.2, 0.25) is 5.02 Å².